The summed E-state index contributed by atoms with van der Waals surface area (Å²) in [5.41, 5.74) is -0.00354. The molecule has 1 N–H and O–H groups in total. The lowest BCUT2D eigenvalue weighted by Crippen LogP contribution is -2.58. The standard InChI is InChI=1S/C31H32Cl2N4O6S/c1-30(2,3)42-28(39)35-26-19(13-34)22-17(8-7-9-21(22)44-26)23-20(32)12-18-25(24(23)33)41-15-16-14-36(10-11-37(16)27(18)38)29(40)43-31(4,5)6/h7-9,12,16H,10-11,14-15H2,1-6H3,(H,35,39)/t16-/m1/s1. The zero-order valence-corrected chi connectivity index (χ0v) is 27.5. The Labute approximate surface area is 269 Å². The molecule has 2 aromatic carbocycles. The third-order valence-electron chi connectivity index (χ3n) is 6.93. The van der Waals surface area contributed by atoms with E-state index in [2.05, 4.69) is 11.4 Å². The number of piperazine rings is 1. The van der Waals surface area contributed by atoms with Gasteiger partial charge in [-0.05, 0) is 59.2 Å². The summed E-state index contributed by atoms with van der Waals surface area (Å²) in [5.74, 6) is -0.135. The molecule has 3 aromatic rings. The first kappa shape index (κ1) is 31.7. The van der Waals surface area contributed by atoms with Gasteiger partial charge in [0, 0.05) is 35.3 Å². The molecule has 1 aromatic heterocycles. The van der Waals surface area contributed by atoms with Crippen molar-refractivity contribution in [2.24, 2.45) is 0 Å². The van der Waals surface area contributed by atoms with Gasteiger partial charge >= 0.3 is 12.2 Å². The highest BCUT2D eigenvalue weighted by Crippen LogP contribution is 2.49. The van der Waals surface area contributed by atoms with E-state index in [1.807, 2.05) is 6.07 Å². The molecule has 13 heteroatoms. The average molecular weight is 660 g/mol. The monoisotopic (exact) mass is 658 g/mol. The van der Waals surface area contributed by atoms with Crippen molar-refractivity contribution in [3.05, 3.63) is 45.4 Å². The Kier molecular flexibility index (Phi) is 8.39. The number of anilines is 1. The molecule has 3 heterocycles. The molecule has 1 saturated heterocycles. The highest BCUT2D eigenvalue weighted by atomic mass is 35.5. The highest BCUT2D eigenvalue weighted by molar-refractivity contribution is 7.23. The van der Waals surface area contributed by atoms with Crippen molar-refractivity contribution in [1.82, 2.24) is 9.80 Å². The Morgan fingerprint density at radius 2 is 1.80 bits per heavy atom. The van der Waals surface area contributed by atoms with Gasteiger partial charge in [-0.3, -0.25) is 10.1 Å². The van der Waals surface area contributed by atoms with Crippen LogP contribution >= 0.6 is 34.5 Å². The topological polar surface area (TPSA) is 121 Å². The molecule has 5 rings (SSSR count). The number of carbonyl (C=O) groups is 3. The van der Waals surface area contributed by atoms with Crippen LogP contribution in [0.3, 0.4) is 0 Å². The molecule has 0 aliphatic carbocycles. The van der Waals surface area contributed by atoms with Gasteiger partial charge in [0.1, 0.15) is 28.9 Å². The lowest BCUT2D eigenvalue weighted by molar-refractivity contribution is 0.000947. The van der Waals surface area contributed by atoms with Gasteiger partial charge in [-0.25, -0.2) is 9.59 Å². The summed E-state index contributed by atoms with van der Waals surface area (Å²) in [6, 6.07) is 8.68. The number of hydrogen-bond donors (Lipinski definition) is 1. The van der Waals surface area contributed by atoms with Crippen molar-refractivity contribution in [3.8, 4) is 22.9 Å². The number of amides is 3. The second-order valence-electron chi connectivity index (χ2n) is 12.5. The van der Waals surface area contributed by atoms with Crippen LogP contribution in [0.4, 0.5) is 14.6 Å². The van der Waals surface area contributed by atoms with Crippen LogP contribution in [0.15, 0.2) is 24.3 Å². The number of nitrogens with one attached hydrogen (secondary N) is 1. The van der Waals surface area contributed by atoms with E-state index in [1.54, 1.807) is 63.5 Å². The van der Waals surface area contributed by atoms with Gasteiger partial charge < -0.3 is 24.0 Å². The maximum absolute atomic E-state index is 13.7. The van der Waals surface area contributed by atoms with Crippen molar-refractivity contribution < 1.29 is 28.6 Å². The van der Waals surface area contributed by atoms with Crippen molar-refractivity contribution in [2.45, 2.75) is 58.8 Å². The SMILES string of the molecule is CC(C)(C)OC(=O)Nc1sc2cccc(-c3c(Cl)cc4c(c3Cl)OC[C@H]3CN(C(=O)OC(C)(C)C)CCN3C4=O)c2c1C#N. The molecule has 0 spiro atoms. The Balaban J connectivity index is 1.51. The molecule has 10 nitrogen and oxygen atoms in total. The number of fused-ring (bicyclic) bond motifs is 3. The van der Waals surface area contributed by atoms with E-state index in [1.165, 1.54) is 17.4 Å². The predicted octanol–water partition coefficient (Wildman–Crippen LogP) is 7.55. The summed E-state index contributed by atoms with van der Waals surface area (Å²) >= 11 is 15.0. The van der Waals surface area contributed by atoms with E-state index in [4.69, 9.17) is 37.4 Å². The van der Waals surface area contributed by atoms with Crippen LogP contribution in [0.1, 0.15) is 57.5 Å². The van der Waals surface area contributed by atoms with E-state index < -0.39 is 29.4 Å². The Hall–Kier alpha value is -3.72. The van der Waals surface area contributed by atoms with Crippen LogP contribution in [-0.2, 0) is 9.47 Å². The molecule has 232 valence electrons. The quantitative estimate of drug-likeness (QED) is 0.302. The van der Waals surface area contributed by atoms with Crippen molar-refractivity contribution in [3.63, 3.8) is 0 Å². The molecule has 0 unspecified atom stereocenters. The number of nitrogens with zero attached hydrogens (tertiary/aromatic N) is 3. The summed E-state index contributed by atoms with van der Waals surface area (Å²) in [7, 11) is 0. The molecule has 0 saturated carbocycles. The van der Waals surface area contributed by atoms with E-state index in [0.29, 0.717) is 32.8 Å². The van der Waals surface area contributed by atoms with E-state index in [-0.39, 0.29) is 52.5 Å². The normalized spacial score (nSPS) is 16.8. The van der Waals surface area contributed by atoms with Crippen LogP contribution in [0.5, 0.6) is 5.75 Å². The third kappa shape index (κ3) is 6.25. The average Bonchev–Trinajstić information content (AvgIpc) is 3.20. The highest BCUT2D eigenvalue weighted by Gasteiger charge is 2.39. The second-order valence-corrected chi connectivity index (χ2v) is 14.4. The summed E-state index contributed by atoms with van der Waals surface area (Å²) in [6.07, 6.45) is -1.13. The third-order valence-corrected chi connectivity index (χ3v) is 8.66. The molecule has 0 bridgehead atoms. The Morgan fingerprint density at radius 3 is 2.45 bits per heavy atom. The first-order chi connectivity index (χ1) is 20.6. The molecular weight excluding hydrogens is 627 g/mol. The Bertz CT molecular complexity index is 1720. The number of nitriles is 1. The largest absolute Gasteiger partial charge is 0.489 e. The number of benzene rings is 2. The van der Waals surface area contributed by atoms with Gasteiger partial charge in [0.2, 0.25) is 0 Å². The van der Waals surface area contributed by atoms with Crippen LogP contribution < -0.4 is 10.1 Å². The van der Waals surface area contributed by atoms with Crippen molar-refractivity contribution >= 4 is 67.7 Å². The van der Waals surface area contributed by atoms with Crippen molar-refractivity contribution in [2.75, 3.05) is 31.6 Å². The van der Waals surface area contributed by atoms with Crippen LogP contribution in [0.2, 0.25) is 10.0 Å². The number of carbonyl (C=O) groups excluding carboxylic acids is 3. The minimum atomic E-state index is -0.721. The molecule has 3 amide bonds. The lowest BCUT2D eigenvalue weighted by Gasteiger charge is -2.40. The molecule has 2 aliphatic heterocycles. The molecule has 44 heavy (non-hydrogen) atoms. The number of hydrogen-bond acceptors (Lipinski definition) is 8. The van der Waals surface area contributed by atoms with Gasteiger partial charge in [0.25, 0.3) is 5.91 Å². The lowest BCUT2D eigenvalue weighted by atomic mass is 9.97. The van der Waals surface area contributed by atoms with Crippen LogP contribution in [0, 0.1) is 11.3 Å². The predicted molar refractivity (Wildman–Crippen MR) is 170 cm³/mol. The maximum Gasteiger partial charge on any atom is 0.412 e. The minimum Gasteiger partial charge on any atom is -0.489 e. The minimum absolute atomic E-state index is 0.0921. The van der Waals surface area contributed by atoms with Crippen LogP contribution in [-0.4, -0.2) is 71.4 Å². The van der Waals surface area contributed by atoms with Gasteiger partial charge in [-0.15, -0.1) is 11.3 Å². The number of rotatable bonds is 2. The van der Waals surface area contributed by atoms with E-state index in [9.17, 15) is 19.6 Å². The summed E-state index contributed by atoms with van der Waals surface area (Å²) in [5, 5.41) is 14.0. The first-order valence-electron chi connectivity index (χ1n) is 14.0. The fourth-order valence-corrected chi connectivity index (χ4v) is 6.97. The summed E-state index contributed by atoms with van der Waals surface area (Å²) < 4.78 is 17.8. The molecule has 2 aliphatic rings. The molecule has 0 radical (unpaired) electrons. The second kappa shape index (κ2) is 11.7. The van der Waals surface area contributed by atoms with Gasteiger partial charge in [-0.2, -0.15) is 5.26 Å². The van der Waals surface area contributed by atoms with Gasteiger partial charge in [0.15, 0.2) is 5.75 Å². The molecule has 1 fully saturated rings. The maximum atomic E-state index is 13.7. The van der Waals surface area contributed by atoms with Gasteiger partial charge in [0.05, 0.1) is 27.2 Å². The zero-order valence-electron chi connectivity index (χ0n) is 25.2. The van der Waals surface area contributed by atoms with Crippen molar-refractivity contribution in [1.29, 1.82) is 5.26 Å². The number of ether oxygens (including phenoxy) is 3. The van der Waals surface area contributed by atoms with E-state index >= 15 is 0 Å². The van der Waals surface area contributed by atoms with E-state index in [0.717, 1.165) is 0 Å². The smallest absolute Gasteiger partial charge is 0.412 e. The first-order valence-corrected chi connectivity index (χ1v) is 15.5. The fourth-order valence-electron chi connectivity index (χ4n) is 5.19. The number of thiophene rings is 1. The number of halogens is 2. The Morgan fingerprint density at radius 1 is 1.09 bits per heavy atom. The molecule has 1 atom stereocenters. The van der Waals surface area contributed by atoms with Gasteiger partial charge in [-0.1, -0.05) is 35.3 Å². The zero-order chi connectivity index (χ0) is 32.1. The van der Waals surface area contributed by atoms with Crippen LogP contribution in [0.25, 0.3) is 21.2 Å². The summed E-state index contributed by atoms with van der Waals surface area (Å²) in [4.78, 5) is 42.2. The summed E-state index contributed by atoms with van der Waals surface area (Å²) in [6.45, 7) is 11.6. The fraction of sp³-hybridized carbons (Fsp3) is 0.419. The molecular formula is C31H32Cl2N4O6S.